The molecule has 0 bridgehead atoms. The summed E-state index contributed by atoms with van der Waals surface area (Å²) < 4.78 is 0. The van der Waals surface area contributed by atoms with E-state index in [1.54, 1.807) is 0 Å². The van der Waals surface area contributed by atoms with E-state index in [2.05, 4.69) is 20.6 Å². The molecule has 0 aliphatic carbocycles. The highest BCUT2D eigenvalue weighted by Crippen LogP contribution is 2.13. The molecule has 78 valence electrons. The molecule has 0 aliphatic rings. The molecule has 0 fully saturated rings. The lowest BCUT2D eigenvalue weighted by Crippen LogP contribution is -2.39. The molecule has 1 aromatic heterocycles. The Morgan fingerprint density at radius 1 is 1.36 bits per heavy atom. The van der Waals surface area contributed by atoms with Crippen LogP contribution in [0, 0.1) is 0 Å². The lowest BCUT2D eigenvalue weighted by molar-refractivity contribution is 0.577. The number of hydrogen-bond acceptors (Lipinski definition) is 5. The molecule has 0 atom stereocenters. The standard InChI is InChI=1S/C9H17N5/c1-9(2,5-10)14-8-4-7(11-3)12-6-13-8/h4,6H,5,10H2,1-3H3,(H2,11,12,13,14). The zero-order valence-electron chi connectivity index (χ0n) is 8.83. The van der Waals surface area contributed by atoms with Crippen molar-refractivity contribution < 1.29 is 0 Å². The lowest BCUT2D eigenvalue weighted by Gasteiger charge is -2.24. The average Bonchev–Trinajstić information content (AvgIpc) is 2.17. The van der Waals surface area contributed by atoms with Crippen molar-refractivity contribution in [3.8, 4) is 0 Å². The number of anilines is 2. The van der Waals surface area contributed by atoms with Crippen LogP contribution in [0.25, 0.3) is 0 Å². The highest BCUT2D eigenvalue weighted by atomic mass is 15.1. The normalized spacial score (nSPS) is 11.1. The number of nitrogens with one attached hydrogen (secondary N) is 2. The van der Waals surface area contributed by atoms with Gasteiger partial charge in [-0.3, -0.25) is 0 Å². The second-order valence-electron chi connectivity index (χ2n) is 3.75. The summed E-state index contributed by atoms with van der Waals surface area (Å²) in [5, 5.41) is 6.18. The van der Waals surface area contributed by atoms with Crippen LogP contribution in [-0.4, -0.2) is 29.1 Å². The Labute approximate surface area is 84.1 Å². The van der Waals surface area contributed by atoms with Crippen molar-refractivity contribution in [2.45, 2.75) is 19.4 Å². The van der Waals surface area contributed by atoms with Crippen LogP contribution in [0.15, 0.2) is 12.4 Å². The summed E-state index contributed by atoms with van der Waals surface area (Å²) in [4.78, 5) is 8.12. The van der Waals surface area contributed by atoms with Crippen molar-refractivity contribution in [3.05, 3.63) is 12.4 Å². The summed E-state index contributed by atoms with van der Waals surface area (Å²) in [6.45, 7) is 4.59. The predicted octanol–water partition coefficient (Wildman–Crippen LogP) is 0.667. The maximum absolute atomic E-state index is 5.60. The van der Waals surface area contributed by atoms with Crippen molar-refractivity contribution in [1.82, 2.24) is 9.97 Å². The average molecular weight is 195 g/mol. The van der Waals surface area contributed by atoms with E-state index in [0.717, 1.165) is 11.6 Å². The first kappa shape index (κ1) is 10.7. The van der Waals surface area contributed by atoms with E-state index in [9.17, 15) is 0 Å². The molecule has 0 aliphatic heterocycles. The van der Waals surface area contributed by atoms with E-state index in [-0.39, 0.29) is 5.54 Å². The fourth-order valence-electron chi connectivity index (χ4n) is 0.960. The van der Waals surface area contributed by atoms with Crippen LogP contribution < -0.4 is 16.4 Å². The highest BCUT2D eigenvalue weighted by Gasteiger charge is 2.15. The Morgan fingerprint density at radius 3 is 2.57 bits per heavy atom. The monoisotopic (exact) mass is 195 g/mol. The number of rotatable bonds is 4. The van der Waals surface area contributed by atoms with E-state index < -0.39 is 0 Å². The van der Waals surface area contributed by atoms with Crippen LogP contribution in [0.4, 0.5) is 11.6 Å². The van der Waals surface area contributed by atoms with Crippen molar-refractivity contribution in [3.63, 3.8) is 0 Å². The molecule has 5 nitrogen and oxygen atoms in total. The SMILES string of the molecule is CNc1cc(NC(C)(C)CN)ncn1. The largest absolute Gasteiger partial charge is 0.373 e. The van der Waals surface area contributed by atoms with E-state index in [1.165, 1.54) is 6.33 Å². The summed E-state index contributed by atoms with van der Waals surface area (Å²) in [5.41, 5.74) is 5.45. The highest BCUT2D eigenvalue weighted by molar-refractivity contribution is 5.47. The third kappa shape index (κ3) is 2.85. The molecule has 1 aromatic rings. The Morgan fingerprint density at radius 2 is 2.00 bits per heavy atom. The molecule has 0 aromatic carbocycles. The number of hydrogen-bond donors (Lipinski definition) is 3. The summed E-state index contributed by atoms with van der Waals surface area (Å²) >= 11 is 0. The first-order valence-corrected chi connectivity index (χ1v) is 4.55. The predicted molar refractivity (Wildman–Crippen MR) is 58.3 cm³/mol. The van der Waals surface area contributed by atoms with Gasteiger partial charge in [-0.15, -0.1) is 0 Å². The van der Waals surface area contributed by atoms with Gasteiger partial charge in [0.1, 0.15) is 18.0 Å². The van der Waals surface area contributed by atoms with Gasteiger partial charge in [0.15, 0.2) is 0 Å². The maximum atomic E-state index is 5.60. The Bertz CT molecular complexity index is 297. The maximum Gasteiger partial charge on any atom is 0.131 e. The molecule has 0 saturated carbocycles. The summed E-state index contributed by atoms with van der Waals surface area (Å²) in [5.74, 6) is 1.56. The summed E-state index contributed by atoms with van der Waals surface area (Å²) in [7, 11) is 1.82. The third-order valence-electron chi connectivity index (χ3n) is 1.90. The minimum atomic E-state index is -0.153. The Balaban J connectivity index is 2.76. The molecule has 4 N–H and O–H groups in total. The van der Waals surface area contributed by atoms with Crippen LogP contribution in [0.2, 0.25) is 0 Å². The van der Waals surface area contributed by atoms with Crippen molar-refractivity contribution in [1.29, 1.82) is 0 Å². The lowest BCUT2D eigenvalue weighted by atomic mass is 10.1. The van der Waals surface area contributed by atoms with Gasteiger partial charge in [0, 0.05) is 25.2 Å². The van der Waals surface area contributed by atoms with Crippen LogP contribution in [0.3, 0.4) is 0 Å². The van der Waals surface area contributed by atoms with E-state index in [1.807, 2.05) is 27.0 Å². The van der Waals surface area contributed by atoms with Crippen molar-refractivity contribution >= 4 is 11.6 Å². The van der Waals surface area contributed by atoms with Crippen LogP contribution in [0.5, 0.6) is 0 Å². The first-order chi connectivity index (χ1) is 6.57. The molecule has 1 heterocycles. The van der Waals surface area contributed by atoms with E-state index in [4.69, 9.17) is 5.73 Å². The molecule has 0 spiro atoms. The summed E-state index contributed by atoms with van der Waals surface area (Å²) in [6.07, 6.45) is 1.51. The van der Waals surface area contributed by atoms with Gasteiger partial charge in [-0.05, 0) is 13.8 Å². The quantitative estimate of drug-likeness (QED) is 0.658. The topological polar surface area (TPSA) is 75.9 Å². The number of aromatic nitrogens is 2. The van der Waals surface area contributed by atoms with Crippen LogP contribution in [0.1, 0.15) is 13.8 Å². The third-order valence-corrected chi connectivity index (χ3v) is 1.90. The molecule has 14 heavy (non-hydrogen) atoms. The van der Waals surface area contributed by atoms with Gasteiger partial charge < -0.3 is 16.4 Å². The molecule has 5 heteroatoms. The van der Waals surface area contributed by atoms with Gasteiger partial charge in [-0.25, -0.2) is 9.97 Å². The van der Waals surface area contributed by atoms with Gasteiger partial charge in [-0.2, -0.15) is 0 Å². The van der Waals surface area contributed by atoms with Gasteiger partial charge in [0.25, 0.3) is 0 Å². The molecule has 1 rings (SSSR count). The second kappa shape index (κ2) is 4.23. The van der Waals surface area contributed by atoms with E-state index >= 15 is 0 Å². The van der Waals surface area contributed by atoms with Gasteiger partial charge in [0.2, 0.25) is 0 Å². The van der Waals surface area contributed by atoms with Crippen molar-refractivity contribution in [2.24, 2.45) is 5.73 Å². The van der Waals surface area contributed by atoms with Gasteiger partial charge in [0.05, 0.1) is 0 Å². The molecular weight excluding hydrogens is 178 g/mol. The first-order valence-electron chi connectivity index (χ1n) is 4.55. The Kier molecular flexibility index (Phi) is 3.24. The van der Waals surface area contributed by atoms with Gasteiger partial charge in [-0.1, -0.05) is 0 Å². The van der Waals surface area contributed by atoms with Crippen LogP contribution in [-0.2, 0) is 0 Å². The molecular formula is C9H17N5. The zero-order valence-corrected chi connectivity index (χ0v) is 8.83. The summed E-state index contributed by atoms with van der Waals surface area (Å²) in [6, 6.07) is 1.84. The van der Waals surface area contributed by atoms with Gasteiger partial charge >= 0.3 is 0 Å². The van der Waals surface area contributed by atoms with Crippen LogP contribution >= 0.6 is 0 Å². The smallest absolute Gasteiger partial charge is 0.131 e. The fourth-order valence-corrected chi connectivity index (χ4v) is 0.960. The minimum absolute atomic E-state index is 0.153. The van der Waals surface area contributed by atoms with Crippen molar-refractivity contribution in [2.75, 3.05) is 24.2 Å². The number of nitrogens with zero attached hydrogens (tertiary/aromatic N) is 2. The molecule has 0 saturated heterocycles. The zero-order chi connectivity index (χ0) is 10.6. The Hall–Kier alpha value is -1.36. The van der Waals surface area contributed by atoms with E-state index in [0.29, 0.717) is 6.54 Å². The molecule has 0 radical (unpaired) electrons. The second-order valence-corrected chi connectivity index (χ2v) is 3.75. The molecule has 0 amide bonds. The number of nitrogens with two attached hydrogens (primary N) is 1. The fraction of sp³-hybridized carbons (Fsp3) is 0.556. The molecule has 0 unspecified atom stereocenters. The minimum Gasteiger partial charge on any atom is -0.373 e.